The molecule has 0 aliphatic rings. The zero-order valence-electron chi connectivity index (χ0n) is 34.3. The van der Waals surface area contributed by atoms with Gasteiger partial charge in [0.2, 0.25) is 0 Å². The number of esters is 1. The summed E-state index contributed by atoms with van der Waals surface area (Å²) in [5.74, 6) is -5.38. The lowest BCUT2D eigenvalue weighted by Gasteiger charge is -2.12. The quantitative estimate of drug-likeness (QED) is 0.115. The van der Waals surface area contributed by atoms with Crippen molar-refractivity contribution in [2.75, 3.05) is 7.11 Å². The smallest absolute Gasteiger partial charge is 0.343 e. The number of rotatable bonds is 8. The highest BCUT2D eigenvalue weighted by Crippen LogP contribution is 2.33. The Morgan fingerprint density at radius 3 is 1.45 bits per heavy atom. The first-order chi connectivity index (χ1) is 31.2. The van der Waals surface area contributed by atoms with Crippen LogP contribution >= 0.6 is 0 Å². The van der Waals surface area contributed by atoms with Gasteiger partial charge in [-0.15, -0.1) is 0 Å². The van der Waals surface area contributed by atoms with Crippen LogP contribution in [0.2, 0.25) is 0 Å². The van der Waals surface area contributed by atoms with Gasteiger partial charge in [-0.3, -0.25) is 19.0 Å². The van der Waals surface area contributed by atoms with Crippen LogP contribution in [0.4, 0.5) is 17.6 Å². The molecule has 0 radical (unpaired) electrons. The third-order valence-corrected chi connectivity index (χ3v) is 10.9. The molecule has 18 heteroatoms. The number of hydrogen-bond donors (Lipinski definition) is 1. The number of furan rings is 2. The fourth-order valence-corrected chi connectivity index (χ4v) is 7.86. The maximum atomic E-state index is 15.1. The summed E-state index contributed by atoms with van der Waals surface area (Å²) in [7, 11) is 4.71. The predicted octanol–water partition coefficient (Wildman–Crippen LogP) is 8.43. The monoisotopic (exact) mass is 884 g/mol. The van der Waals surface area contributed by atoms with Crippen molar-refractivity contribution in [3.8, 4) is 22.3 Å². The van der Waals surface area contributed by atoms with E-state index in [0.29, 0.717) is 33.3 Å². The summed E-state index contributed by atoms with van der Waals surface area (Å²) in [5, 5.41) is 19.7. The van der Waals surface area contributed by atoms with E-state index in [1.807, 2.05) is 6.07 Å². The molecule has 1 N–H and O–H groups in total. The number of nitrogens with zero attached hydrogens (tertiary/aromatic N) is 6. The number of carbonyl (C=O) groups excluding carboxylic acids is 1. The highest BCUT2D eigenvalue weighted by Gasteiger charge is 2.23. The second-order valence-corrected chi connectivity index (χ2v) is 15.0. The molecule has 10 aromatic rings. The Hall–Kier alpha value is -8.54. The SMILES string of the molecule is COC(=O)c1cn(Cc2c(F)cc(-c3cccc4nn(C)cc34)cc2F)c(=O)c2ccoc12.Cn1cc2c(-c3cc(F)c(Cn4cc(C(=O)O)c5occc5c4=O)c(F)c3)cccc2n1. The van der Waals surface area contributed by atoms with Crippen LogP contribution in [0, 0.1) is 23.3 Å². The average molecular weight is 885 g/mol. The van der Waals surface area contributed by atoms with Crippen molar-refractivity contribution >= 4 is 55.7 Å². The van der Waals surface area contributed by atoms with Crippen molar-refractivity contribution in [2.24, 2.45) is 14.1 Å². The molecule has 0 saturated carbocycles. The fraction of sp³-hybridized carbons (Fsp3) is 0.106. The average Bonchev–Trinajstić information content (AvgIpc) is 4.10. The molecule has 326 valence electrons. The van der Waals surface area contributed by atoms with Crippen molar-refractivity contribution in [3.05, 3.63) is 176 Å². The molecule has 0 saturated heterocycles. The van der Waals surface area contributed by atoms with Crippen LogP contribution in [-0.4, -0.2) is 52.9 Å². The summed E-state index contributed by atoms with van der Waals surface area (Å²) in [6, 6.07) is 18.2. The van der Waals surface area contributed by atoms with Crippen molar-refractivity contribution < 1.29 is 45.8 Å². The molecule has 0 aliphatic carbocycles. The van der Waals surface area contributed by atoms with Crippen molar-refractivity contribution in [1.82, 2.24) is 28.7 Å². The molecule has 0 atom stereocenters. The summed E-state index contributed by atoms with van der Waals surface area (Å²) in [6.07, 6.45) is 8.21. The number of ether oxygens (including phenoxy) is 1. The third kappa shape index (κ3) is 7.49. The zero-order valence-corrected chi connectivity index (χ0v) is 34.3. The van der Waals surface area contributed by atoms with E-state index < -0.39 is 59.4 Å². The number of aromatic carboxylic acids is 1. The van der Waals surface area contributed by atoms with Crippen LogP contribution in [0.3, 0.4) is 0 Å². The van der Waals surface area contributed by atoms with Gasteiger partial charge in [0.05, 0.1) is 54.5 Å². The Bertz CT molecular complexity index is 3650. The van der Waals surface area contributed by atoms with Gasteiger partial charge in [0, 0.05) is 60.8 Å². The summed E-state index contributed by atoms with van der Waals surface area (Å²) >= 11 is 0. The van der Waals surface area contributed by atoms with Gasteiger partial charge in [-0.25, -0.2) is 27.2 Å². The second kappa shape index (κ2) is 16.3. The lowest BCUT2D eigenvalue weighted by atomic mass is 9.99. The molecule has 0 spiro atoms. The van der Waals surface area contributed by atoms with E-state index in [0.717, 1.165) is 26.1 Å². The molecule has 6 heterocycles. The number of aromatic nitrogens is 6. The van der Waals surface area contributed by atoms with Crippen molar-refractivity contribution in [2.45, 2.75) is 13.1 Å². The number of fused-ring (bicyclic) bond motifs is 4. The lowest BCUT2D eigenvalue weighted by molar-refractivity contribution is 0.0599. The van der Waals surface area contributed by atoms with Crippen molar-refractivity contribution in [3.63, 3.8) is 0 Å². The van der Waals surface area contributed by atoms with Crippen LogP contribution in [0.5, 0.6) is 0 Å². The molecule has 14 nitrogen and oxygen atoms in total. The van der Waals surface area contributed by atoms with E-state index in [2.05, 4.69) is 10.2 Å². The van der Waals surface area contributed by atoms with Gasteiger partial charge in [0.15, 0.2) is 11.2 Å². The molecule has 4 aromatic carbocycles. The van der Waals surface area contributed by atoms with Gasteiger partial charge in [-0.1, -0.05) is 24.3 Å². The van der Waals surface area contributed by atoms with Crippen LogP contribution in [0.1, 0.15) is 31.8 Å². The van der Waals surface area contributed by atoms with E-state index in [1.54, 1.807) is 66.2 Å². The first-order valence-electron chi connectivity index (χ1n) is 19.5. The minimum atomic E-state index is -1.32. The second-order valence-electron chi connectivity index (χ2n) is 15.0. The zero-order chi connectivity index (χ0) is 45.8. The molecule has 10 rings (SSSR count). The normalized spacial score (nSPS) is 11.4. The molecule has 0 unspecified atom stereocenters. The van der Waals surface area contributed by atoms with Gasteiger partial charge in [-0.05, 0) is 70.8 Å². The maximum absolute atomic E-state index is 15.1. The van der Waals surface area contributed by atoms with E-state index in [4.69, 9.17) is 13.6 Å². The molecule has 0 aliphatic heterocycles. The van der Waals surface area contributed by atoms with Gasteiger partial charge >= 0.3 is 11.9 Å². The van der Waals surface area contributed by atoms with E-state index in [-0.39, 0.29) is 44.2 Å². The molecular formula is C47H32F4N6O8. The predicted molar refractivity (Wildman–Crippen MR) is 230 cm³/mol. The molecule has 6 aromatic heterocycles. The van der Waals surface area contributed by atoms with Crippen LogP contribution < -0.4 is 11.1 Å². The van der Waals surface area contributed by atoms with Crippen molar-refractivity contribution in [1.29, 1.82) is 0 Å². The highest BCUT2D eigenvalue weighted by atomic mass is 19.1. The Labute approximate surface area is 362 Å². The molecule has 65 heavy (non-hydrogen) atoms. The third-order valence-electron chi connectivity index (χ3n) is 10.9. The summed E-state index contributed by atoms with van der Waals surface area (Å²) < 4.78 is 80.6. The molecule has 0 bridgehead atoms. The van der Waals surface area contributed by atoms with Gasteiger partial charge in [0.25, 0.3) is 11.1 Å². The van der Waals surface area contributed by atoms with Crippen LogP contribution in [0.25, 0.3) is 66.0 Å². The Kier molecular flexibility index (Phi) is 10.5. The number of benzene rings is 4. The number of aryl methyl sites for hydroxylation is 2. The number of carboxylic acids is 1. The number of hydrogen-bond acceptors (Lipinski definition) is 9. The van der Waals surface area contributed by atoms with E-state index in [1.165, 1.54) is 62.2 Å². The van der Waals surface area contributed by atoms with E-state index >= 15 is 17.6 Å². The van der Waals surface area contributed by atoms with Gasteiger partial charge < -0.3 is 27.8 Å². The lowest BCUT2D eigenvalue weighted by Crippen LogP contribution is -2.23. The summed E-state index contributed by atoms with van der Waals surface area (Å²) in [4.78, 5) is 49.2. The summed E-state index contributed by atoms with van der Waals surface area (Å²) in [5.41, 5.74) is 1.19. The molecule has 0 amide bonds. The summed E-state index contributed by atoms with van der Waals surface area (Å²) in [6.45, 7) is -0.895. The topological polar surface area (TPSA) is 170 Å². The minimum Gasteiger partial charge on any atom is -0.477 e. The standard InChI is InChI=1S/C24H17F2N3O4.C23H15F2N3O4/c1-28-10-16-14(4-3-5-21(16)27-28)13-8-19(25)17(20(26)9-13)11-29-12-18(24(31)32-2)22-15(23(29)30)6-7-33-22;1-27-9-15-13(3-2-4-20(15)26-27)12-7-18(24)16(19(25)8-12)10-28-11-17(23(30)31)21-14(22(28)29)5-6-32-21/h3-10,12H,11H2,1-2H3;2-9,11H,10H2,1H3,(H,30,31). The van der Waals surface area contributed by atoms with Gasteiger partial charge in [-0.2, -0.15) is 10.2 Å². The highest BCUT2D eigenvalue weighted by molar-refractivity contribution is 6.02. The molecular weight excluding hydrogens is 853 g/mol. The molecule has 0 fully saturated rings. The minimum absolute atomic E-state index is 0.0159. The Morgan fingerprint density at radius 1 is 0.615 bits per heavy atom. The van der Waals surface area contributed by atoms with Crippen LogP contribution in [-0.2, 0) is 31.9 Å². The largest absolute Gasteiger partial charge is 0.477 e. The number of carboxylic acid groups (broad SMARTS) is 1. The Balaban J connectivity index is 0.000000164. The number of methoxy groups -OCH3 is 1. The number of carbonyl (C=O) groups is 2. The Morgan fingerprint density at radius 2 is 1.03 bits per heavy atom. The maximum Gasteiger partial charge on any atom is 0.343 e. The van der Waals surface area contributed by atoms with Crippen LogP contribution in [0.15, 0.2) is 129 Å². The first-order valence-corrected chi connectivity index (χ1v) is 19.5. The van der Waals surface area contributed by atoms with Gasteiger partial charge in [0.1, 0.15) is 34.4 Å². The fourth-order valence-electron chi connectivity index (χ4n) is 7.86. The van der Waals surface area contributed by atoms with E-state index in [9.17, 15) is 24.3 Å². The number of halogens is 4. The first kappa shape index (κ1) is 41.8. The number of pyridine rings is 2.